The Hall–Kier alpha value is -2.99. The van der Waals surface area contributed by atoms with E-state index in [2.05, 4.69) is 11.8 Å². The predicted octanol–water partition coefficient (Wildman–Crippen LogP) is 5.96. The molecule has 2 aromatic carbocycles. The van der Waals surface area contributed by atoms with Crippen molar-refractivity contribution >= 4 is 10.9 Å². The standard InChI is InChI=1S/C28H36N2O4/c1-4-16-33-22-11-9-21(10-12-22)25-20-26(34-17-15-30-13-7-5-6-8-14-30)24-18-23(31-2)19-27(32-3)28(24)29-25/h9-12,18-20H,4-8,13-17H2,1-3H3. The van der Waals surface area contributed by atoms with Gasteiger partial charge in [0.1, 0.15) is 35.1 Å². The Labute approximate surface area is 202 Å². The monoisotopic (exact) mass is 464 g/mol. The molecule has 1 aliphatic heterocycles. The third kappa shape index (κ3) is 5.92. The first-order valence-corrected chi connectivity index (χ1v) is 12.4. The van der Waals surface area contributed by atoms with Gasteiger partial charge in [0.25, 0.3) is 0 Å². The molecule has 1 saturated heterocycles. The molecule has 0 unspecified atom stereocenters. The van der Waals surface area contributed by atoms with E-state index in [-0.39, 0.29) is 0 Å². The number of methoxy groups -OCH3 is 2. The molecular weight excluding hydrogens is 428 g/mol. The van der Waals surface area contributed by atoms with Gasteiger partial charge in [0.15, 0.2) is 0 Å². The molecule has 0 saturated carbocycles. The summed E-state index contributed by atoms with van der Waals surface area (Å²) in [6.45, 7) is 6.66. The number of benzene rings is 2. The number of rotatable bonds is 10. The lowest BCUT2D eigenvalue weighted by Crippen LogP contribution is -2.29. The Morgan fingerprint density at radius 3 is 2.24 bits per heavy atom. The first-order valence-electron chi connectivity index (χ1n) is 12.4. The normalized spacial score (nSPS) is 14.6. The summed E-state index contributed by atoms with van der Waals surface area (Å²) in [5.41, 5.74) is 2.60. The molecule has 6 heteroatoms. The Morgan fingerprint density at radius 1 is 0.794 bits per heavy atom. The molecule has 1 aliphatic rings. The molecule has 2 heterocycles. The molecule has 6 nitrogen and oxygen atoms in total. The molecule has 0 amide bonds. The van der Waals surface area contributed by atoms with Crippen LogP contribution < -0.4 is 18.9 Å². The van der Waals surface area contributed by atoms with Gasteiger partial charge in [-0.1, -0.05) is 19.8 Å². The van der Waals surface area contributed by atoms with E-state index in [9.17, 15) is 0 Å². The summed E-state index contributed by atoms with van der Waals surface area (Å²) in [6.07, 6.45) is 6.19. The number of hydrogen-bond acceptors (Lipinski definition) is 6. The minimum absolute atomic E-state index is 0.627. The maximum atomic E-state index is 6.38. The minimum atomic E-state index is 0.627. The molecular formula is C28H36N2O4. The van der Waals surface area contributed by atoms with E-state index in [0.717, 1.165) is 59.7 Å². The number of nitrogens with zero attached hydrogens (tertiary/aromatic N) is 2. The van der Waals surface area contributed by atoms with Crippen molar-refractivity contribution < 1.29 is 18.9 Å². The Morgan fingerprint density at radius 2 is 1.56 bits per heavy atom. The lowest BCUT2D eigenvalue weighted by molar-refractivity contribution is 0.215. The molecule has 0 aliphatic carbocycles. The van der Waals surface area contributed by atoms with E-state index in [0.29, 0.717) is 24.7 Å². The van der Waals surface area contributed by atoms with Gasteiger partial charge in [0, 0.05) is 29.6 Å². The lowest BCUT2D eigenvalue weighted by Gasteiger charge is -2.20. The molecule has 0 spiro atoms. The SMILES string of the molecule is CCCOc1ccc(-c2cc(OCCN3CCCCCC3)c3cc(OC)cc(OC)c3n2)cc1. The topological polar surface area (TPSA) is 53.1 Å². The number of likely N-dealkylation sites (tertiary alicyclic amines) is 1. The van der Waals surface area contributed by atoms with Crippen LogP contribution in [0.5, 0.6) is 23.0 Å². The first-order chi connectivity index (χ1) is 16.7. The zero-order valence-corrected chi connectivity index (χ0v) is 20.6. The summed E-state index contributed by atoms with van der Waals surface area (Å²) in [6, 6.07) is 13.9. The number of aromatic nitrogens is 1. The van der Waals surface area contributed by atoms with Crippen LogP contribution in [0.25, 0.3) is 22.2 Å². The van der Waals surface area contributed by atoms with E-state index < -0.39 is 0 Å². The van der Waals surface area contributed by atoms with E-state index in [1.54, 1.807) is 14.2 Å². The van der Waals surface area contributed by atoms with Crippen molar-refractivity contribution in [1.82, 2.24) is 9.88 Å². The molecule has 0 bridgehead atoms. The fourth-order valence-electron chi connectivity index (χ4n) is 4.37. The maximum absolute atomic E-state index is 6.38. The van der Waals surface area contributed by atoms with Gasteiger partial charge in [-0.25, -0.2) is 4.98 Å². The quantitative estimate of drug-likeness (QED) is 0.369. The van der Waals surface area contributed by atoms with Crippen molar-refractivity contribution in [3.8, 4) is 34.3 Å². The summed E-state index contributed by atoms with van der Waals surface area (Å²) >= 11 is 0. The highest BCUT2D eigenvalue weighted by atomic mass is 16.5. The van der Waals surface area contributed by atoms with Crippen molar-refractivity contribution in [2.24, 2.45) is 0 Å². The second kappa shape index (κ2) is 11.9. The average Bonchev–Trinajstić information content (AvgIpc) is 3.16. The largest absolute Gasteiger partial charge is 0.497 e. The number of hydrogen-bond donors (Lipinski definition) is 0. The van der Waals surface area contributed by atoms with Gasteiger partial charge in [-0.2, -0.15) is 0 Å². The molecule has 0 atom stereocenters. The fraction of sp³-hybridized carbons (Fsp3) is 0.464. The molecule has 0 N–H and O–H groups in total. The smallest absolute Gasteiger partial charge is 0.148 e. The van der Waals surface area contributed by atoms with Crippen LogP contribution in [-0.4, -0.2) is 57.0 Å². The van der Waals surface area contributed by atoms with Gasteiger partial charge in [-0.05, 0) is 62.7 Å². The van der Waals surface area contributed by atoms with Crippen LogP contribution in [0, 0.1) is 0 Å². The highest BCUT2D eigenvalue weighted by molar-refractivity contribution is 5.93. The Kier molecular flexibility index (Phi) is 8.47. The zero-order valence-electron chi connectivity index (χ0n) is 20.6. The summed E-state index contributed by atoms with van der Waals surface area (Å²) in [5.74, 6) is 3.03. The second-order valence-electron chi connectivity index (χ2n) is 8.71. The Bertz CT molecular complexity index is 1060. The molecule has 1 aromatic heterocycles. The third-order valence-electron chi connectivity index (χ3n) is 6.26. The highest BCUT2D eigenvalue weighted by Gasteiger charge is 2.16. The van der Waals surface area contributed by atoms with Gasteiger partial charge < -0.3 is 18.9 Å². The van der Waals surface area contributed by atoms with Crippen molar-refractivity contribution in [3.05, 3.63) is 42.5 Å². The molecule has 0 radical (unpaired) electrons. The van der Waals surface area contributed by atoms with E-state index in [4.69, 9.17) is 23.9 Å². The van der Waals surface area contributed by atoms with Crippen LogP contribution >= 0.6 is 0 Å². The molecule has 182 valence electrons. The van der Waals surface area contributed by atoms with Crippen molar-refractivity contribution in [1.29, 1.82) is 0 Å². The number of ether oxygens (including phenoxy) is 4. The van der Waals surface area contributed by atoms with Gasteiger partial charge >= 0.3 is 0 Å². The predicted molar refractivity (Wildman–Crippen MR) is 136 cm³/mol. The summed E-state index contributed by atoms with van der Waals surface area (Å²) in [4.78, 5) is 7.45. The van der Waals surface area contributed by atoms with Gasteiger partial charge in [-0.3, -0.25) is 4.90 Å². The zero-order chi connectivity index (χ0) is 23.8. The molecule has 3 aromatic rings. The van der Waals surface area contributed by atoms with E-state index in [1.807, 2.05) is 42.5 Å². The summed E-state index contributed by atoms with van der Waals surface area (Å²) in [5, 5.41) is 0.888. The van der Waals surface area contributed by atoms with Crippen molar-refractivity contribution in [2.75, 3.05) is 47.1 Å². The maximum Gasteiger partial charge on any atom is 0.148 e. The first kappa shape index (κ1) is 24.1. The van der Waals surface area contributed by atoms with E-state index in [1.165, 1.54) is 25.7 Å². The molecule has 34 heavy (non-hydrogen) atoms. The highest BCUT2D eigenvalue weighted by Crippen LogP contribution is 2.38. The second-order valence-corrected chi connectivity index (χ2v) is 8.71. The van der Waals surface area contributed by atoms with Gasteiger partial charge in [0.2, 0.25) is 0 Å². The number of fused-ring (bicyclic) bond motifs is 1. The van der Waals surface area contributed by atoms with Crippen LogP contribution in [0.4, 0.5) is 0 Å². The van der Waals surface area contributed by atoms with Crippen LogP contribution in [0.2, 0.25) is 0 Å². The van der Waals surface area contributed by atoms with Crippen molar-refractivity contribution in [3.63, 3.8) is 0 Å². The van der Waals surface area contributed by atoms with Crippen LogP contribution in [-0.2, 0) is 0 Å². The van der Waals surface area contributed by atoms with Crippen LogP contribution in [0.1, 0.15) is 39.0 Å². The Balaban J connectivity index is 1.65. The molecule has 1 fully saturated rings. The van der Waals surface area contributed by atoms with Crippen LogP contribution in [0.15, 0.2) is 42.5 Å². The van der Waals surface area contributed by atoms with Crippen LogP contribution in [0.3, 0.4) is 0 Å². The third-order valence-corrected chi connectivity index (χ3v) is 6.26. The minimum Gasteiger partial charge on any atom is -0.497 e. The molecule has 4 rings (SSSR count). The number of pyridine rings is 1. The van der Waals surface area contributed by atoms with Gasteiger partial charge in [-0.15, -0.1) is 0 Å². The summed E-state index contributed by atoms with van der Waals surface area (Å²) in [7, 11) is 3.31. The fourth-order valence-corrected chi connectivity index (χ4v) is 4.37. The lowest BCUT2D eigenvalue weighted by atomic mass is 10.1. The van der Waals surface area contributed by atoms with E-state index >= 15 is 0 Å². The average molecular weight is 465 g/mol. The summed E-state index contributed by atoms with van der Waals surface area (Å²) < 4.78 is 23.3. The van der Waals surface area contributed by atoms with Crippen molar-refractivity contribution in [2.45, 2.75) is 39.0 Å². The van der Waals surface area contributed by atoms with Gasteiger partial charge in [0.05, 0.1) is 26.5 Å².